The number of benzene rings is 1. The largest absolute Gasteiger partial charge is 0.495 e. The molecule has 6 heteroatoms. The molecular formula is C16H17IN2O2Si. The molecule has 1 aromatic carbocycles. The van der Waals surface area contributed by atoms with Crippen molar-refractivity contribution in [3.8, 4) is 28.7 Å². The van der Waals surface area contributed by atoms with Crippen molar-refractivity contribution < 1.29 is 9.47 Å². The zero-order chi connectivity index (χ0) is 16.2. The van der Waals surface area contributed by atoms with Gasteiger partial charge in [-0.2, -0.15) is 0 Å². The van der Waals surface area contributed by atoms with Gasteiger partial charge in [-0.25, -0.2) is 9.97 Å². The second kappa shape index (κ2) is 7.11. The number of nitrogens with zero attached hydrogens (tertiary/aromatic N) is 2. The smallest absolute Gasteiger partial charge is 0.164 e. The van der Waals surface area contributed by atoms with E-state index in [-0.39, 0.29) is 0 Å². The van der Waals surface area contributed by atoms with Crippen molar-refractivity contribution in [1.82, 2.24) is 9.97 Å². The minimum Gasteiger partial charge on any atom is -0.495 e. The first-order valence-electron chi connectivity index (χ1n) is 6.72. The Balaban J connectivity index is 2.41. The fourth-order valence-electron chi connectivity index (χ4n) is 1.60. The molecule has 0 bridgehead atoms. The number of methoxy groups -OCH3 is 1. The van der Waals surface area contributed by atoms with Crippen LogP contribution in [0.3, 0.4) is 0 Å². The van der Waals surface area contributed by atoms with Crippen molar-refractivity contribution in [2.45, 2.75) is 19.6 Å². The molecular weight excluding hydrogens is 407 g/mol. The zero-order valence-electron chi connectivity index (χ0n) is 13.0. The highest BCUT2D eigenvalue weighted by atomic mass is 127. The van der Waals surface area contributed by atoms with Crippen LogP contribution in [0.5, 0.6) is 17.2 Å². The molecule has 0 aliphatic rings. The van der Waals surface area contributed by atoms with Crippen LogP contribution in [0.1, 0.15) is 5.56 Å². The molecule has 4 nitrogen and oxygen atoms in total. The molecule has 0 spiro atoms. The molecule has 0 saturated heterocycles. The molecule has 1 aromatic heterocycles. The van der Waals surface area contributed by atoms with Gasteiger partial charge >= 0.3 is 0 Å². The Morgan fingerprint density at radius 1 is 1.09 bits per heavy atom. The summed E-state index contributed by atoms with van der Waals surface area (Å²) in [5.74, 6) is 5.30. The summed E-state index contributed by atoms with van der Waals surface area (Å²) >= 11 is 2.21. The molecule has 0 atom stereocenters. The lowest BCUT2D eigenvalue weighted by atomic mass is 10.2. The second-order valence-electron chi connectivity index (χ2n) is 5.66. The molecule has 0 aliphatic heterocycles. The van der Waals surface area contributed by atoms with Crippen LogP contribution in [0.15, 0.2) is 30.9 Å². The van der Waals surface area contributed by atoms with Gasteiger partial charge < -0.3 is 9.47 Å². The fraction of sp³-hybridized carbons (Fsp3) is 0.250. The van der Waals surface area contributed by atoms with Gasteiger partial charge in [0, 0.05) is 6.07 Å². The predicted molar refractivity (Wildman–Crippen MR) is 98.0 cm³/mol. The van der Waals surface area contributed by atoms with E-state index in [4.69, 9.17) is 9.47 Å². The monoisotopic (exact) mass is 424 g/mol. The van der Waals surface area contributed by atoms with Gasteiger partial charge in [0.2, 0.25) is 0 Å². The van der Waals surface area contributed by atoms with Gasteiger partial charge in [-0.05, 0) is 28.7 Å². The number of ether oxygens (including phenoxy) is 2. The maximum atomic E-state index is 5.84. The molecule has 2 aromatic rings. The molecule has 1 heterocycles. The van der Waals surface area contributed by atoms with Crippen LogP contribution < -0.4 is 9.47 Å². The van der Waals surface area contributed by atoms with E-state index in [0.29, 0.717) is 5.75 Å². The highest BCUT2D eigenvalue weighted by Gasteiger charge is 2.12. The van der Waals surface area contributed by atoms with Gasteiger partial charge in [0.25, 0.3) is 0 Å². The number of halogens is 1. The summed E-state index contributed by atoms with van der Waals surface area (Å²) in [6.07, 6.45) is 4.72. The van der Waals surface area contributed by atoms with E-state index in [1.165, 1.54) is 6.33 Å². The molecule has 0 amide bonds. The Kier molecular flexibility index (Phi) is 5.42. The summed E-state index contributed by atoms with van der Waals surface area (Å²) in [4.78, 5) is 7.90. The van der Waals surface area contributed by atoms with Crippen LogP contribution >= 0.6 is 22.6 Å². The Morgan fingerprint density at radius 3 is 2.36 bits per heavy atom. The van der Waals surface area contributed by atoms with E-state index in [2.05, 4.69) is 63.7 Å². The molecule has 22 heavy (non-hydrogen) atoms. The average molecular weight is 424 g/mol. The lowest BCUT2D eigenvalue weighted by molar-refractivity contribution is 0.410. The van der Waals surface area contributed by atoms with Crippen LogP contribution in [-0.2, 0) is 0 Å². The Hall–Kier alpha value is -1.59. The molecule has 0 saturated carbocycles. The first-order valence-corrected chi connectivity index (χ1v) is 11.3. The van der Waals surface area contributed by atoms with Gasteiger partial charge in [0.15, 0.2) is 5.75 Å². The predicted octanol–water partition coefficient (Wildman–Crippen LogP) is 4.11. The Labute approximate surface area is 145 Å². The van der Waals surface area contributed by atoms with Crippen LogP contribution in [0, 0.1) is 15.0 Å². The molecule has 0 unspecified atom stereocenters. The standard InChI is InChI=1S/C16H17IN2O2Si/c1-20-15-8-14(17)16(21-13-9-18-11-19-10-13)7-12(15)5-6-22(2,3)4/h7-11H,1-4H3. The van der Waals surface area contributed by atoms with Gasteiger partial charge in [-0.15, -0.1) is 5.54 Å². The molecule has 2 rings (SSSR count). The third-order valence-corrected chi connectivity index (χ3v) is 4.31. The van der Waals surface area contributed by atoms with Crippen molar-refractivity contribution in [3.05, 3.63) is 40.0 Å². The summed E-state index contributed by atoms with van der Waals surface area (Å²) in [6, 6.07) is 3.83. The SMILES string of the molecule is COc1cc(I)c(Oc2cncnc2)cc1C#C[Si](C)(C)C. The van der Waals surface area contributed by atoms with Crippen LogP contribution in [0.25, 0.3) is 0 Å². The van der Waals surface area contributed by atoms with Crippen molar-refractivity contribution in [2.24, 2.45) is 0 Å². The minimum absolute atomic E-state index is 0.592. The maximum absolute atomic E-state index is 5.84. The number of hydrogen-bond acceptors (Lipinski definition) is 4. The minimum atomic E-state index is -1.46. The molecule has 0 radical (unpaired) electrons. The van der Waals surface area contributed by atoms with E-state index in [0.717, 1.165) is 20.6 Å². The van der Waals surface area contributed by atoms with Crippen molar-refractivity contribution in [2.75, 3.05) is 7.11 Å². The van der Waals surface area contributed by atoms with E-state index >= 15 is 0 Å². The highest BCUT2D eigenvalue weighted by Crippen LogP contribution is 2.32. The zero-order valence-corrected chi connectivity index (χ0v) is 16.1. The third-order valence-electron chi connectivity index (χ3n) is 2.59. The lowest BCUT2D eigenvalue weighted by Crippen LogP contribution is -2.16. The van der Waals surface area contributed by atoms with E-state index in [1.54, 1.807) is 19.5 Å². The summed E-state index contributed by atoms with van der Waals surface area (Å²) in [5, 5.41) is 0. The quantitative estimate of drug-likeness (QED) is 0.423. The summed E-state index contributed by atoms with van der Waals surface area (Å²) in [5.41, 5.74) is 4.18. The van der Waals surface area contributed by atoms with E-state index in [9.17, 15) is 0 Å². The number of aromatic nitrogens is 2. The topological polar surface area (TPSA) is 44.2 Å². The first-order chi connectivity index (χ1) is 10.4. The third kappa shape index (κ3) is 4.71. The molecule has 0 fully saturated rings. The number of rotatable bonds is 3. The van der Waals surface area contributed by atoms with Gasteiger partial charge in [0.1, 0.15) is 25.9 Å². The number of hydrogen-bond donors (Lipinski definition) is 0. The van der Waals surface area contributed by atoms with Crippen LogP contribution in [0.2, 0.25) is 19.6 Å². The van der Waals surface area contributed by atoms with Gasteiger partial charge in [-0.1, -0.05) is 25.6 Å². The first kappa shape index (κ1) is 16.8. The normalized spacial score (nSPS) is 10.6. The van der Waals surface area contributed by atoms with Crippen LogP contribution in [0.4, 0.5) is 0 Å². The van der Waals surface area contributed by atoms with Crippen molar-refractivity contribution >= 4 is 30.7 Å². The Bertz CT molecular complexity index is 719. The maximum Gasteiger partial charge on any atom is 0.164 e. The van der Waals surface area contributed by atoms with Crippen molar-refractivity contribution in [1.29, 1.82) is 0 Å². The highest BCUT2D eigenvalue weighted by molar-refractivity contribution is 14.1. The summed E-state index contributed by atoms with van der Waals surface area (Å²) < 4.78 is 12.2. The fourth-order valence-corrected chi connectivity index (χ4v) is 2.66. The van der Waals surface area contributed by atoms with Crippen molar-refractivity contribution in [3.63, 3.8) is 0 Å². The van der Waals surface area contributed by atoms with Crippen LogP contribution in [-0.4, -0.2) is 25.2 Å². The summed E-state index contributed by atoms with van der Waals surface area (Å²) in [6.45, 7) is 6.62. The van der Waals surface area contributed by atoms with E-state index < -0.39 is 8.07 Å². The average Bonchev–Trinajstić information content (AvgIpc) is 2.47. The summed E-state index contributed by atoms with van der Waals surface area (Å²) in [7, 11) is 0.189. The molecule has 0 N–H and O–H groups in total. The Morgan fingerprint density at radius 2 is 1.77 bits per heavy atom. The van der Waals surface area contributed by atoms with Gasteiger partial charge in [0.05, 0.1) is 28.6 Å². The molecule has 0 aliphatic carbocycles. The lowest BCUT2D eigenvalue weighted by Gasteiger charge is -2.11. The molecule has 114 valence electrons. The van der Waals surface area contributed by atoms with E-state index in [1.807, 2.05) is 12.1 Å². The second-order valence-corrected chi connectivity index (χ2v) is 11.6. The van der Waals surface area contributed by atoms with Gasteiger partial charge in [-0.3, -0.25) is 0 Å².